The van der Waals surface area contributed by atoms with Crippen LogP contribution in [0.4, 0.5) is 0 Å². The van der Waals surface area contributed by atoms with Crippen LogP contribution in [0.15, 0.2) is 0 Å². The van der Waals surface area contributed by atoms with E-state index in [9.17, 15) is 4.79 Å². The maximum absolute atomic E-state index is 10.2. The Kier molecular flexibility index (Phi) is 18.0. The van der Waals surface area contributed by atoms with Gasteiger partial charge in [-0.1, -0.05) is 48.5 Å². The average molecular weight is 317 g/mol. The van der Waals surface area contributed by atoms with Gasteiger partial charge in [-0.15, -0.1) is 0 Å². The molecule has 0 bridgehead atoms. The molecule has 1 fully saturated rings. The third kappa shape index (κ3) is 17.4. The van der Waals surface area contributed by atoms with Crippen molar-refractivity contribution in [3.8, 4) is 0 Å². The van der Waals surface area contributed by atoms with Gasteiger partial charge in [0.25, 0.3) is 0 Å². The molecule has 1 aliphatic rings. The van der Waals surface area contributed by atoms with E-state index in [0.717, 1.165) is 44.5 Å². The summed E-state index contributed by atoms with van der Waals surface area (Å²) in [6.45, 7) is 19.6. The Bertz CT molecular complexity index is 230. The van der Waals surface area contributed by atoms with Crippen molar-refractivity contribution in [1.29, 1.82) is 0 Å². The Morgan fingerprint density at radius 1 is 1.23 bits per heavy atom. The van der Waals surface area contributed by atoms with E-state index in [2.05, 4.69) is 44.8 Å². The summed E-state index contributed by atoms with van der Waals surface area (Å²) in [4.78, 5) is 12.6. The summed E-state index contributed by atoms with van der Waals surface area (Å²) in [6.07, 6.45) is 3.44. The number of carbonyl (C=O) groups excluding carboxylic acids is 1. The third-order valence-corrected chi connectivity index (χ3v) is 2.91. The van der Waals surface area contributed by atoms with E-state index in [4.69, 9.17) is 4.74 Å². The second-order valence-corrected chi connectivity index (χ2v) is 6.59. The van der Waals surface area contributed by atoms with E-state index in [1.807, 2.05) is 13.8 Å². The quantitative estimate of drug-likeness (QED) is 0.730. The number of hydrogen-bond acceptors (Lipinski definition) is 3. The molecule has 1 unspecified atom stereocenters. The summed E-state index contributed by atoms with van der Waals surface area (Å²) >= 11 is 0. The molecule has 1 rings (SSSR count). The number of carbonyl (C=O) groups is 1. The van der Waals surface area contributed by atoms with Crippen LogP contribution in [0.3, 0.4) is 0 Å². The van der Waals surface area contributed by atoms with Crippen molar-refractivity contribution in [2.45, 2.75) is 67.4 Å². The summed E-state index contributed by atoms with van der Waals surface area (Å²) in [6, 6.07) is 0. The highest BCUT2D eigenvalue weighted by Crippen LogP contribution is 2.08. The van der Waals surface area contributed by atoms with Crippen LogP contribution in [-0.4, -0.2) is 50.2 Å². The van der Waals surface area contributed by atoms with Crippen LogP contribution >= 0.6 is 0 Å². The minimum Gasteiger partial charge on any atom is -0.374 e. The van der Waals surface area contributed by atoms with Crippen LogP contribution < -0.4 is 5.32 Å². The number of amides is 1. The van der Waals surface area contributed by atoms with E-state index in [-0.39, 0.29) is 6.10 Å². The van der Waals surface area contributed by atoms with Gasteiger partial charge in [0.15, 0.2) is 0 Å². The number of morpholine rings is 1. The summed E-state index contributed by atoms with van der Waals surface area (Å²) < 4.78 is 5.57. The summed E-state index contributed by atoms with van der Waals surface area (Å²) in [5.41, 5.74) is 0. The molecule has 1 heterocycles. The van der Waals surface area contributed by atoms with E-state index in [1.165, 1.54) is 12.8 Å². The highest BCUT2D eigenvalue weighted by molar-refractivity contribution is 5.45. The second kappa shape index (κ2) is 16.8. The Morgan fingerprint density at radius 2 is 1.82 bits per heavy atom. The van der Waals surface area contributed by atoms with Crippen LogP contribution in [0.1, 0.15) is 61.3 Å². The normalized spacial score (nSPS) is 18.1. The van der Waals surface area contributed by atoms with Crippen molar-refractivity contribution in [3.63, 3.8) is 0 Å². The van der Waals surface area contributed by atoms with Gasteiger partial charge in [0.2, 0.25) is 6.41 Å². The Labute approximate surface area is 139 Å². The van der Waals surface area contributed by atoms with E-state index in [0.29, 0.717) is 6.54 Å². The zero-order valence-electron chi connectivity index (χ0n) is 16.0. The Morgan fingerprint density at radius 3 is 2.32 bits per heavy atom. The third-order valence-electron chi connectivity index (χ3n) is 2.91. The van der Waals surface area contributed by atoms with Gasteiger partial charge < -0.3 is 10.1 Å². The summed E-state index contributed by atoms with van der Waals surface area (Å²) in [5.74, 6) is 1.62. The molecule has 134 valence electrons. The van der Waals surface area contributed by atoms with Crippen molar-refractivity contribution in [2.24, 2.45) is 11.8 Å². The van der Waals surface area contributed by atoms with E-state index >= 15 is 0 Å². The number of nitrogens with zero attached hydrogens (tertiary/aromatic N) is 1. The smallest absolute Gasteiger partial charge is 0.207 e. The van der Waals surface area contributed by atoms with Gasteiger partial charge in [0.1, 0.15) is 0 Å². The van der Waals surface area contributed by atoms with E-state index < -0.39 is 0 Å². The maximum atomic E-state index is 10.2. The molecule has 0 aromatic rings. The lowest BCUT2D eigenvalue weighted by molar-refractivity contribution is -0.110. The molecule has 0 spiro atoms. The van der Waals surface area contributed by atoms with Gasteiger partial charge in [0, 0.05) is 19.6 Å². The topological polar surface area (TPSA) is 41.6 Å². The lowest BCUT2D eigenvalue weighted by atomic mass is 10.1. The van der Waals surface area contributed by atoms with Crippen LogP contribution in [0, 0.1) is 11.8 Å². The van der Waals surface area contributed by atoms with Crippen molar-refractivity contribution >= 4 is 6.41 Å². The zero-order valence-corrected chi connectivity index (χ0v) is 16.0. The zero-order chi connectivity index (χ0) is 17.4. The lowest BCUT2D eigenvalue weighted by Crippen LogP contribution is -2.46. The van der Waals surface area contributed by atoms with Crippen LogP contribution in [0.2, 0.25) is 0 Å². The van der Waals surface area contributed by atoms with Crippen molar-refractivity contribution in [2.75, 3.05) is 32.8 Å². The molecule has 4 heteroatoms. The molecule has 22 heavy (non-hydrogen) atoms. The number of ether oxygens (including phenoxy) is 1. The first-order chi connectivity index (χ1) is 10.5. The first kappa shape index (κ1) is 23.7. The largest absolute Gasteiger partial charge is 0.374 e. The highest BCUT2D eigenvalue weighted by Gasteiger charge is 2.19. The predicted octanol–water partition coefficient (Wildman–Crippen LogP) is 3.56. The molecule has 1 atom stereocenters. The van der Waals surface area contributed by atoms with Gasteiger partial charge in [0.05, 0.1) is 12.7 Å². The Balaban J connectivity index is 0. The van der Waals surface area contributed by atoms with E-state index in [1.54, 1.807) is 0 Å². The van der Waals surface area contributed by atoms with Crippen molar-refractivity contribution in [1.82, 2.24) is 10.2 Å². The SMILES string of the molecule is CC.CC(C)C.CC(C)CCCN1CCOC(CNC=O)C1. The first-order valence-corrected chi connectivity index (χ1v) is 8.96. The molecule has 1 N–H and O–H groups in total. The number of nitrogens with one attached hydrogen (secondary N) is 1. The van der Waals surface area contributed by atoms with Crippen LogP contribution in [0.5, 0.6) is 0 Å². The van der Waals surface area contributed by atoms with Gasteiger partial charge in [-0.2, -0.15) is 0 Å². The molecule has 1 amide bonds. The van der Waals surface area contributed by atoms with Crippen molar-refractivity contribution in [3.05, 3.63) is 0 Å². The molecular weight excluding hydrogens is 276 g/mol. The molecule has 0 aliphatic carbocycles. The number of rotatable bonds is 7. The fraction of sp³-hybridized carbons (Fsp3) is 0.944. The monoisotopic (exact) mass is 316 g/mol. The van der Waals surface area contributed by atoms with Gasteiger partial charge in [-0.25, -0.2) is 0 Å². The van der Waals surface area contributed by atoms with Gasteiger partial charge in [-0.05, 0) is 31.2 Å². The molecule has 0 saturated carbocycles. The minimum absolute atomic E-state index is 0.165. The first-order valence-electron chi connectivity index (χ1n) is 8.96. The minimum atomic E-state index is 0.165. The lowest BCUT2D eigenvalue weighted by Gasteiger charge is -2.32. The standard InChI is InChI=1S/C12H24N2O2.C4H10.C2H6/c1-11(2)4-3-5-14-6-7-16-12(9-14)8-13-10-15;1-4(2)3;1-2/h10-12H,3-9H2,1-2H3,(H,13,15);4H,1-3H3;1-2H3. The number of hydrogen-bond donors (Lipinski definition) is 1. The molecule has 1 aliphatic heterocycles. The molecular formula is C18H40N2O2. The maximum Gasteiger partial charge on any atom is 0.207 e. The fourth-order valence-corrected chi connectivity index (χ4v) is 2.01. The second-order valence-electron chi connectivity index (χ2n) is 6.59. The molecule has 0 radical (unpaired) electrons. The highest BCUT2D eigenvalue weighted by atomic mass is 16.5. The summed E-state index contributed by atoms with van der Waals surface area (Å²) in [5, 5.41) is 2.68. The Hall–Kier alpha value is -0.610. The molecule has 4 nitrogen and oxygen atoms in total. The van der Waals surface area contributed by atoms with Crippen LogP contribution in [-0.2, 0) is 9.53 Å². The van der Waals surface area contributed by atoms with Gasteiger partial charge in [-0.3, -0.25) is 9.69 Å². The summed E-state index contributed by atoms with van der Waals surface area (Å²) in [7, 11) is 0. The molecule has 0 aromatic heterocycles. The fourth-order valence-electron chi connectivity index (χ4n) is 2.01. The average Bonchev–Trinajstić information content (AvgIpc) is 2.47. The predicted molar refractivity (Wildman–Crippen MR) is 96.2 cm³/mol. The van der Waals surface area contributed by atoms with Gasteiger partial charge >= 0.3 is 0 Å². The molecule has 1 saturated heterocycles. The van der Waals surface area contributed by atoms with Crippen LogP contribution in [0.25, 0.3) is 0 Å². The molecule has 0 aromatic carbocycles. The van der Waals surface area contributed by atoms with Crippen molar-refractivity contribution < 1.29 is 9.53 Å².